The number of aromatic nitrogens is 2. The predicted octanol–water partition coefficient (Wildman–Crippen LogP) is 3.62. The first kappa shape index (κ1) is 22.9. The maximum Gasteiger partial charge on any atom is 0.339 e. The maximum atomic E-state index is 12.5. The third kappa shape index (κ3) is 6.14. The topological polar surface area (TPSA) is 137 Å². The lowest BCUT2D eigenvalue weighted by atomic mass is 10.2. The zero-order valence-electron chi connectivity index (χ0n) is 17.3. The van der Waals surface area contributed by atoms with Gasteiger partial charge in [0.2, 0.25) is 11.7 Å². The lowest BCUT2D eigenvalue weighted by Crippen LogP contribution is -2.31. The van der Waals surface area contributed by atoms with Gasteiger partial charge in [-0.1, -0.05) is 17.3 Å². The molecule has 166 valence electrons. The molecule has 0 saturated heterocycles. The molecule has 0 unspecified atom stereocenters. The molecular formula is C21H20N4O6S. The maximum absolute atomic E-state index is 12.5. The number of nitrogens with zero attached hydrogens (tertiary/aromatic N) is 3. The molecule has 32 heavy (non-hydrogen) atoms. The summed E-state index contributed by atoms with van der Waals surface area (Å²) in [5, 5.41) is 17.3. The summed E-state index contributed by atoms with van der Waals surface area (Å²) >= 11 is 1.24. The summed E-state index contributed by atoms with van der Waals surface area (Å²) in [7, 11) is 0. The van der Waals surface area contributed by atoms with Gasteiger partial charge in [0.25, 0.3) is 11.6 Å². The second kappa shape index (κ2) is 10.5. The second-order valence-electron chi connectivity index (χ2n) is 6.90. The lowest BCUT2D eigenvalue weighted by molar-refractivity contribution is -0.384. The fourth-order valence-electron chi connectivity index (χ4n) is 2.64. The van der Waals surface area contributed by atoms with E-state index in [-0.39, 0.29) is 41.7 Å². The first-order valence-corrected chi connectivity index (χ1v) is 10.6. The Morgan fingerprint density at radius 1 is 1.19 bits per heavy atom. The van der Waals surface area contributed by atoms with E-state index in [4.69, 9.17) is 9.26 Å². The van der Waals surface area contributed by atoms with Crippen molar-refractivity contribution in [2.75, 3.05) is 5.75 Å². The van der Waals surface area contributed by atoms with Crippen LogP contribution < -0.4 is 5.32 Å². The minimum absolute atomic E-state index is 0.0357. The zero-order valence-corrected chi connectivity index (χ0v) is 18.1. The molecule has 0 radical (unpaired) electrons. The number of thioether (sulfide) groups is 1. The van der Waals surface area contributed by atoms with E-state index in [1.165, 1.54) is 36.0 Å². The average Bonchev–Trinajstić information content (AvgIpc) is 3.25. The van der Waals surface area contributed by atoms with Gasteiger partial charge in [-0.05, 0) is 38.1 Å². The lowest BCUT2D eigenvalue weighted by Gasteiger charge is -2.10. The number of hydrogen-bond acceptors (Lipinski definition) is 9. The van der Waals surface area contributed by atoms with Gasteiger partial charge in [0.1, 0.15) is 0 Å². The highest BCUT2D eigenvalue weighted by Crippen LogP contribution is 2.24. The Hall–Kier alpha value is -3.73. The van der Waals surface area contributed by atoms with Gasteiger partial charge in [0, 0.05) is 28.6 Å². The molecule has 1 N–H and O–H groups in total. The highest BCUT2D eigenvalue weighted by molar-refractivity contribution is 8.00. The van der Waals surface area contributed by atoms with Crippen LogP contribution in [0.2, 0.25) is 0 Å². The quantitative estimate of drug-likeness (QED) is 0.221. The van der Waals surface area contributed by atoms with E-state index in [1.807, 2.05) is 13.8 Å². The van der Waals surface area contributed by atoms with Crippen LogP contribution in [0.4, 0.5) is 5.69 Å². The molecule has 2 aromatic carbocycles. The van der Waals surface area contributed by atoms with Crippen LogP contribution in [0.5, 0.6) is 0 Å². The molecule has 10 nitrogen and oxygen atoms in total. The van der Waals surface area contributed by atoms with Crippen LogP contribution in [-0.4, -0.2) is 38.7 Å². The average molecular weight is 456 g/mol. The van der Waals surface area contributed by atoms with E-state index < -0.39 is 10.9 Å². The number of nitro groups is 1. The highest BCUT2D eigenvalue weighted by Gasteiger charge is 2.17. The monoisotopic (exact) mass is 456 g/mol. The molecule has 0 bridgehead atoms. The molecule has 3 rings (SSSR count). The Kier molecular flexibility index (Phi) is 7.55. The van der Waals surface area contributed by atoms with Crippen LogP contribution >= 0.6 is 11.8 Å². The Morgan fingerprint density at radius 3 is 2.59 bits per heavy atom. The smallest absolute Gasteiger partial charge is 0.339 e. The number of ether oxygens (including phenoxy) is 1. The summed E-state index contributed by atoms with van der Waals surface area (Å²) in [6, 6.07) is 12.5. The number of hydrogen-bond donors (Lipinski definition) is 1. The van der Waals surface area contributed by atoms with E-state index in [9.17, 15) is 19.7 Å². The van der Waals surface area contributed by atoms with Crippen LogP contribution in [0.3, 0.4) is 0 Å². The van der Waals surface area contributed by atoms with Crippen molar-refractivity contribution in [1.82, 2.24) is 15.5 Å². The van der Waals surface area contributed by atoms with Crippen molar-refractivity contribution >= 4 is 29.3 Å². The van der Waals surface area contributed by atoms with E-state index in [1.54, 1.807) is 24.3 Å². The van der Waals surface area contributed by atoms with Crippen molar-refractivity contribution in [3.05, 3.63) is 70.1 Å². The third-order valence-electron chi connectivity index (χ3n) is 4.05. The number of esters is 1. The molecule has 0 aliphatic carbocycles. The molecule has 1 amide bonds. The van der Waals surface area contributed by atoms with Gasteiger partial charge >= 0.3 is 5.97 Å². The number of nitro benzene ring substituents is 1. The molecule has 0 spiro atoms. The molecule has 1 aromatic heterocycles. The number of non-ortho nitro benzene ring substituents is 1. The third-order valence-corrected chi connectivity index (χ3v) is 5.12. The summed E-state index contributed by atoms with van der Waals surface area (Å²) in [6.45, 7) is 3.50. The van der Waals surface area contributed by atoms with Crippen molar-refractivity contribution in [3.8, 4) is 11.4 Å². The normalized spacial score (nSPS) is 10.7. The molecule has 0 aliphatic rings. The Balaban J connectivity index is 1.60. The first-order chi connectivity index (χ1) is 15.3. The summed E-state index contributed by atoms with van der Waals surface area (Å²) in [4.78, 5) is 39.4. The van der Waals surface area contributed by atoms with Gasteiger partial charge in [-0.15, -0.1) is 11.8 Å². The standard InChI is InChI=1S/C21H20N4O6S/c1-13(2)22-18(26)12-32-17-6-4-3-5-16(17)21(27)30-11-19-23-20(24-31-19)14-7-9-15(10-8-14)25(28)29/h3-10,13H,11-12H2,1-2H3,(H,22,26). The number of amides is 1. The van der Waals surface area contributed by atoms with Crippen molar-refractivity contribution in [3.63, 3.8) is 0 Å². The largest absolute Gasteiger partial charge is 0.452 e. The van der Waals surface area contributed by atoms with Gasteiger partial charge < -0.3 is 14.6 Å². The number of benzene rings is 2. The Morgan fingerprint density at radius 2 is 1.91 bits per heavy atom. The van der Waals surface area contributed by atoms with Crippen LogP contribution in [0.1, 0.15) is 30.1 Å². The first-order valence-electron chi connectivity index (χ1n) is 9.59. The molecule has 0 aliphatic heterocycles. The number of nitrogens with one attached hydrogen (secondary N) is 1. The minimum Gasteiger partial charge on any atom is -0.452 e. The van der Waals surface area contributed by atoms with Crippen molar-refractivity contribution in [2.45, 2.75) is 31.4 Å². The molecule has 11 heteroatoms. The Labute approximate surface area is 187 Å². The van der Waals surface area contributed by atoms with Crippen LogP contribution in [0, 0.1) is 10.1 Å². The minimum atomic E-state index is -0.590. The van der Waals surface area contributed by atoms with Gasteiger partial charge in [0.15, 0.2) is 6.61 Å². The number of carbonyl (C=O) groups excluding carboxylic acids is 2. The van der Waals surface area contributed by atoms with E-state index in [0.717, 1.165) is 0 Å². The second-order valence-corrected chi connectivity index (χ2v) is 7.92. The molecule has 3 aromatic rings. The van der Waals surface area contributed by atoms with E-state index >= 15 is 0 Å². The van der Waals surface area contributed by atoms with Gasteiger partial charge in [-0.25, -0.2) is 4.79 Å². The van der Waals surface area contributed by atoms with Crippen LogP contribution in [0.15, 0.2) is 57.9 Å². The fraction of sp³-hybridized carbons (Fsp3) is 0.238. The van der Waals surface area contributed by atoms with Crippen molar-refractivity contribution < 1.29 is 23.8 Å². The van der Waals surface area contributed by atoms with Crippen LogP contribution in [-0.2, 0) is 16.1 Å². The van der Waals surface area contributed by atoms with Crippen molar-refractivity contribution in [1.29, 1.82) is 0 Å². The molecule has 0 fully saturated rings. The molecule has 0 atom stereocenters. The summed E-state index contributed by atoms with van der Waals surface area (Å²) < 4.78 is 10.4. The van der Waals surface area contributed by atoms with Gasteiger partial charge in [0.05, 0.1) is 16.2 Å². The van der Waals surface area contributed by atoms with E-state index in [2.05, 4.69) is 15.5 Å². The summed E-state index contributed by atoms with van der Waals surface area (Å²) in [6.07, 6.45) is 0. The fourth-order valence-corrected chi connectivity index (χ4v) is 3.49. The van der Waals surface area contributed by atoms with Gasteiger partial charge in [-0.2, -0.15) is 4.98 Å². The highest BCUT2D eigenvalue weighted by atomic mass is 32.2. The summed E-state index contributed by atoms with van der Waals surface area (Å²) in [5.74, 6) is -0.249. The number of rotatable bonds is 9. The molecule has 1 heterocycles. The summed E-state index contributed by atoms with van der Waals surface area (Å²) in [5.41, 5.74) is 0.799. The molecule has 0 saturated carbocycles. The zero-order chi connectivity index (χ0) is 23.1. The number of carbonyl (C=O) groups is 2. The SMILES string of the molecule is CC(C)NC(=O)CSc1ccccc1C(=O)OCc1nc(-c2ccc([N+](=O)[O-])cc2)no1. The van der Waals surface area contributed by atoms with Crippen LogP contribution in [0.25, 0.3) is 11.4 Å². The molecular weight excluding hydrogens is 436 g/mol. The Bertz CT molecular complexity index is 1110. The van der Waals surface area contributed by atoms with Crippen molar-refractivity contribution in [2.24, 2.45) is 0 Å². The van der Waals surface area contributed by atoms with Gasteiger partial charge in [-0.3, -0.25) is 14.9 Å². The van der Waals surface area contributed by atoms with E-state index in [0.29, 0.717) is 16.0 Å². The predicted molar refractivity (Wildman–Crippen MR) is 116 cm³/mol.